The molecule has 0 unspecified atom stereocenters. The predicted octanol–water partition coefficient (Wildman–Crippen LogP) is 7.35. The van der Waals surface area contributed by atoms with Crippen LogP contribution in [-0.2, 0) is 7.05 Å². The van der Waals surface area contributed by atoms with Gasteiger partial charge in [-0.25, -0.2) is 4.57 Å². The zero-order valence-corrected chi connectivity index (χ0v) is 19.6. The Morgan fingerprint density at radius 1 is 0.667 bits per heavy atom. The molecule has 160 valence electrons. The van der Waals surface area contributed by atoms with Gasteiger partial charge in [-0.3, -0.25) is 0 Å². The molecule has 0 radical (unpaired) electrons. The molecule has 4 aromatic carbocycles. The minimum atomic E-state index is 1.22. The highest BCUT2D eigenvalue weighted by Gasteiger charge is 2.19. The summed E-state index contributed by atoms with van der Waals surface area (Å²) in [5.41, 5.74) is 10.2. The average Bonchev–Trinajstić information content (AvgIpc) is 3.15. The Labute approximate surface area is 194 Å². The maximum absolute atomic E-state index is 2.42. The van der Waals surface area contributed by atoms with Crippen molar-refractivity contribution in [3.8, 4) is 16.9 Å². The van der Waals surface area contributed by atoms with Crippen LogP contribution in [-0.4, -0.2) is 4.57 Å². The first-order valence-corrected chi connectivity index (χ1v) is 11.5. The Hall–Kier alpha value is -3.91. The van der Waals surface area contributed by atoms with E-state index in [-0.39, 0.29) is 0 Å². The lowest BCUT2D eigenvalue weighted by Crippen LogP contribution is -2.30. The maximum Gasteiger partial charge on any atom is 0.213 e. The summed E-state index contributed by atoms with van der Waals surface area (Å²) < 4.78 is 4.68. The molecular formula is C31H27N2+. The van der Waals surface area contributed by atoms with Crippen LogP contribution in [0.5, 0.6) is 0 Å². The second-order valence-electron chi connectivity index (χ2n) is 9.17. The third-order valence-corrected chi connectivity index (χ3v) is 7.02. The van der Waals surface area contributed by atoms with Gasteiger partial charge in [0.05, 0.1) is 16.7 Å². The number of rotatable bonds is 2. The molecule has 0 N–H and O–H groups in total. The summed E-state index contributed by atoms with van der Waals surface area (Å²) in [6.07, 6.45) is 2.26. The van der Waals surface area contributed by atoms with Crippen molar-refractivity contribution in [2.45, 2.75) is 20.8 Å². The largest absolute Gasteiger partial charge is 0.309 e. The minimum Gasteiger partial charge on any atom is -0.309 e. The monoisotopic (exact) mass is 427 g/mol. The van der Waals surface area contributed by atoms with Crippen molar-refractivity contribution >= 4 is 32.6 Å². The number of nitrogens with zero attached hydrogens (tertiary/aromatic N) is 2. The molecule has 2 heteroatoms. The van der Waals surface area contributed by atoms with Crippen LogP contribution in [0.25, 0.3) is 49.5 Å². The number of benzene rings is 4. The van der Waals surface area contributed by atoms with Gasteiger partial charge in [0.25, 0.3) is 0 Å². The highest BCUT2D eigenvalue weighted by Crippen LogP contribution is 2.35. The molecule has 0 fully saturated rings. The van der Waals surface area contributed by atoms with E-state index in [1.165, 1.54) is 66.2 Å². The Kier molecular flexibility index (Phi) is 4.38. The Balaban J connectivity index is 1.72. The molecule has 33 heavy (non-hydrogen) atoms. The molecule has 0 saturated carbocycles. The van der Waals surface area contributed by atoms with Crippen molar-refractivity contribution in [1.29, 1.82) is 0 Å². The van der Waals surface area contributed by atoms with Gasteiger partial charge in [-0.1, -0.05) is 54.1 Å². The first kappa shape index (κ1) is 19.8. The van der Waals surface area contributed by atoms with Crippen LogP contribution >= 0.6 is 0 Å². The smallest absolute Gasteiger partial charge is 0.213 e. The first-order chi connectivity index (χ1) is 16.0. The van der Waals surface area contributed by atoms with Gasteiger partial charge in [0, 0.05) is 33.2 Å². The molecule has 0 aliphatic rings. The van der Waals surface area contributed by atoms with Gasteiger partial charge in [0.15, 0.2) is 6.20 Å². The lowest BCUT2D eigenvalue weighted by molar-refractivity contribution is -0.659. The fraction of sp³-hybridized carbons (Fsp3) is 0.129. The van der Waals surface area contributed by atoms with Gasteiger partial charge >= 0.3 is 0 Å². The third kappa shape index (κ3) is 2.98. The standard InChI is InChI=1S/C31H27N2/c1-20-16-21(2)22(3)26(17-20)31-18-27-23(19-32(31)4)10-9-15-30(27)33-28-13-7-5-11-24(28)25-12-6-8-14-29(25)33/h5-19H,1-4H3/q+1. The summed E-state index contributed by atoms with van der Waals surface area (Å²) in [5.74, 6) is 0. The summed E-state index contributed by atoms with van der Waals surface area (Å²) in [6, 6.07) is 31.0. The van der Waals surface area contributed by atoms with E-state index >= 15 is 0 Å². The van der Waals surface area contributed by atoms with Crippen molar-refractivity contribution < 1.29 is 4.57 Å². The zero-order chi connectivity index (χ0) is 22.7. The Bertz CT molecular complexity index is 1650. The molecular weight excluding hydrogens is 400 g/mol. The lowest BCUT2D eigenvalue weighted by atomic mass is 9.96. The number of pyridine rings is 1. The van der Waals surface area contributed by atoms with Crippen molar-refractivity contribution in [2.24, 2.45) is 7.05 Å². The molecule has 2 nitrogen and oxygen atoms in total. The maximum atomic E-state index is 2.42. The number of aromatic nitrogens is 2. The van der Waals surface area contributed by atoms with Gasteiger partial charge in [0.1, 0.15) is 7.05 Å². The van der Waals surface area contributed by atoms with Crippen molar-refractivity contribution in [3.63, 3.8) is 0 Å². The van der Waals surface area contributed by atoms with Crippen molar-refractivity contribution in [2.75, 3.05) is 0 Å². The van der Waals surface area contributed by atoms with E-state index in [1.54, 1.807) is 0 Å². The second kappa shape index (κ2) is 7.31. The topological polar surface area (TPSA) is 8.81 Å². The molecule has 0 amide bonds. The second-order valence-corrected chi connectivity index (χ2v) is 9.17. The van der Waals surface area contributed by atoms with E-state index < -0.39 is 0 Å². The van der Waals surface area contributed by atoms with Crippen LogP contribution in [0.4, 0.5) is 0 Å². The van der Waals surface area contributed by atoms with Crippen LogP contribution in [0, 0.1) is 20.8 Å². The van der Waals surface area contributed by atoms with Crippen LogP contribution in [0.15, 0.2) is 91.1 Å². The fourth-order valence-corrected chi connectivity index (χ4v) is 5.31. The summed E-state index contributed by atoms with van der Waals surface area (Å²) in [7, 11) is 2.15. The van der Waals surface area contributed by atoms with E-state index in [0.29, 0.717) is 0 Å². The molecule has 0 spiro atoms. The van der Waals surface area contributed by atoms with Crippen molar-refractivity contribution in [1.82, 2.24) is 4.57 Å². The molecule has 6 aromatic rings. The third-order valence-electron chi connectivity index (χ3n) is 7.02. The number of hydrogen-bond acceptors (Lipinski definition) is 0. The average molecular weight is 428 g/mol. The summed E-state index contributed by atoms with van der Waals surface area (Å²) in [4.78, 5) is 0. The van der Waals surface area contributed by atoms with Crippen LogP contribution in [0.1, 0.15) is 16.7 Å². The number of hydrogen-bond donors (Lipinski definition) is 0. The van der Waals surface area contributed by atoms with E-state index in [0.717, 1.165) is 0 Å². The zero-order valence-electron chi connectivity index (χ0n) is 19.6. The SMILES string of the molecule is Cc1cc(C)c(C)c(-c2cc3c(-n4c5ccccc5c5ccccc54)cccc3c[n+]2C)c1. The van der Waals surface area contributed by atoms with Gasteiger partial charge in [0.2, 0.25) is 5.69 Å². The molecule has 0 saturated heterocycles. The number of aryl methyl sites for hydroxylation is 3. The fourth-order valence-electron chi connectivity index (χ4n) is 5.31. The van der Waals surface area contributed by atoms with Crippen LogP contribution < -0.4 is 4.57 Å². The van der Waals surface area contributed by atoms with Gasteiger partial charge < -0.3 is 4.57 Å². The Morgan fingerprint density at radius 3 is 2.03 bits per heavy atom. The minimum absolute atomic E-state index is 1.22. The van der Waals surface area contributed by atoms with Crippen LogP contribution in [0.3, 0.4) is 0 Å². The summed E-state index contributed by atoms with van der Waals surface area (Å²) in [6.45, 7) is 6.62. The highest BCUT2D eigenvalue weighted by molar-refractivity contribution is 6.10. The first-order valence-electron chi connectivity index (χ1n) is 11.5. The van der Waals surface area contributed by atoms with Gasteiger partial charge in [-0.05, 0) is 62.2 Å². The van der Waals surface area contributed by atoms with Gasteiger partial charge in [-0.2, -0.15) is 0 Å². The van der Waals surface area contributed by atoms with E-state index in [2.05, 4.69) is 128 Å². The molecule has 2 heterocycles. The highest BCUT2D eigenvalue weighted by atomic mass is 15.0. The quantitative estimate of drug-likeness (QED) is 0.255. The van der Waals surface area contributed by atoms with E-state index in [4.69, 9.17) is 0 Å². The van der Waals surface area contributed by atoms with Crippen LogP contribution in [0.2, 0.25) is 0 Å². The summed E-state index contributed by atoms with van der Waals surface area (Å²) >= 11 is 0. The molecule has 0 aliphatic heterocycles. The Morgan fingerprint density at radius 2 is 1.33 bits per heavy atom. The number of para-hydroxylation sites is 2. The predicted molar refractivity (Wildman–Crippen MR) is 139 cm³/mol. The number of fused-ring (bicyclic) bond motifs is 4. The normalized spacial score (nSPS) is 11.6. The molecule has 6 rings (SSSR count). The summed E-state index contributed by atoms with van der Waals surface area (Å²) in [5, 5.41) is 5.08. The molecule has 0 aliphatic carbocycles. The van der Waals surface area contributed by atoms with E-state index in [9.17, 15) is 0 Å². The molecule has 2 aromatic heterocycles. The molecule has 0 atom stereocenters. The van der Waals surface area contributed by atoms with Crippen molar-refractivity contribution in [3.05, 3.63) is 108 Å². The van der Waals surface area contributed by atoms with Gasteiger partial charge in [-0.15, -0.1) is 0 Å². The molecule has 0 bridgehead atoms. The lowest BCUT2D eigenvalue weighted by Gasteiger charge is -2.13. The van der Waals surface area contributed by atoms with E-state index in [1.807, 2.05) is 0 Å².